The number of fused-ring (bicyclic) bond motifs is 2. The van der Waals surface area contributed by atoms with Crippen molar-refractivity contribution in [3.8, 4) is 0 Å². The van der Waals surface area contributed by atoms with Crippen LogP contribution in [0.3, 0.4) is 0 Å². The van der Waals surface area contributed by atoms with E-state index in [0.29, 0.717) is 58.6 Å². The Labute approximate surface area is 417 Å². The molecule has 0 bridgehead atoms. The molecule has 2 aliphatic carbocycles. The molecule has 1 heterocycles. The van der Waals surface area contributed by atoms with Gasteiger partial charge in [-0.25, -0.2) is 19.2 Å². The van der Waals surface area contributed by atoms with Crippen LogP contribution in [0.25, 0.3) is 0 Å². The molecule has 4 aromatic carbocycles. The lowest BCUT2D eigenvalue weighted by atomic mass is 9.43. The second-order valence-corrected chi connectivity index (χ2v) is 21.0. The van der Waals surface area contributed by atoms with Crippen LogP contribution in [0.2, 0.25) is 40.2 Å². The van der Waals surface area contributed by atoms with Gasteiger partial charge in [-0.15, -0.1) is 0 Å². The molecule has 65 heavy (non-hydrogen) atoms. The maximum Gasteiger partial charge on any atom is 0.339 e. The molecule has 346 valence electrons. The van der Waals surface area contributed by atoms with Gasteiger partial charge < -0.3 is 23.7 Å². The van der Waals surface area contributed by atoms with Crippen LogP contribution in [0.15, 0.2) is 72.8 Å². The summed E-state index contributed by atoms with van der Waals surface area (Å²) in [7, 11) is 0. The molecule has 9 nitrogen and oxygen atoms in total. The highest BCUT2D eigenvalue weighted by Gasteiger charge is 2.70. The summed E-state index contributed by atoms with van der Waals surface area (Å²) in [5, 5.41) is 1.97. The fourth-order valence-electron chi connectivity index (χ4n) is 10.4. The zero-order valence-electron chi connectivity index (χ0n) is 35.4. The minimum Gasteiger partial charge on any atom is -0.462 e. The summed E-state index contributed by atoms with van der Waals surface area (Å²) in [6, 6.07) is 18.0. The van der Waals surface area contributed by atoms with Gasteiger partial charge in [0.25, 0.3) is 0 Å². The van der Waals surface area contributed by atoms with Gasteiger partial charge in [0.1, 0.15) is 24.9 Å². The number of halogens is 8. The van der Waals surface area contributed by atoms with E-state index in [1.54, 1.807) is 24.3 Å². The van der Waals surface area contributed by atoms with Crippen molar-refractivity contribution in [1.82, 2.24) is 0 Å². The van der Waals surface area contributed by atoms with E-state index in [0.717, 1.165) is 0 Å². The fraction of sp³-hybridized carbons (Fsp3) is 0.417. The highest BCUT2D eigenvalue weighted by Crippen LogP contribution is 2.68. The molecule has 3 aliphatic rings. The zero-order chi connectivity index (χ0) is 47.1. The van der Waals surface area contributed by atoms with Crippen LogP contribution in [-0.4, -0.2) is 61.0 Å². The minimum atomic E-state index is -1.14. The molecule has 7 atom stereocenters. The quantitative estimate of drug-likeness (QED) is 0.101. The molecular weight excluding hydrogens is 1000 g/mol. The number of ether oxygens (including phenoxy) is 5. The largest absolute Gasteiger partial charge is 0.462 e. The molecule has 3 fully saturated rings. The second kappa shape index (κ2) is 19.9. The third-order valence-corrected chi connectivity index (χ3v) is 16.0. The Kier molecular flexibility index (Phi) is 15.3. The Balaban J connectivity index is 1.21. The summed E-state index contributed by atoms with van der Waals surface area (Å²) in [4.78, 5) is 54.6. The monoisotopic (exact) mass is 1040 g/mol. The normalized spacial score (nSPS) is 27.2. The summed E-state index contributed by atoms with van der Waals surface area (Å²) in [6.07, 6.45) is 2.65. The van der Waals surface area contributed by atoms with Gasteiger partial charge in [-0.2, -0.15) is 0 Å². The van der Waals surface area contributed by atoms with Crippen molar-refractivity contribution in [3.05, 3.63) is 135 Å². The predicted octanol–water partition coefficient (Wildman–Crippen LogP) is 14.5. The van der Waals surface area contributed by atoms with E-state index in [9.17, 15) is 19.2 Å². The van der Waals surface area contributed by atoms with Crippen molar-refractivity contribution in [2.45, 2.75) is 83.0 Å². The van der Waals surface area contributed by atoms with Crippen LogP contribution in [0.5, 0.6) is 0 Å². The van der Waals surface area contributed by atoms with Crippen molar-refractivity contribution in [3.63, 3.8) is 0 Å². The standard InChI is InChI=1S/C48H44Cl8O9/c1-26-4-13-39-45(2,24-62-42(58)32-10-6-28(50)21-36(32)54)40(64-44(60)34-12-8-30(52)23-38(34)56)14-15-46(39,3)48(26)17-16-47(65-48,25-63-43(59)33-11-7-29(51)22-37(33)55)18-19-61-41(57)31-9-5-27(49)20-35(31)53/h5-12,20-23,26,39-40H,4,13-19,24-25H2,1-3H3/t26-,39?,40+,45+,46+,47?,48+/m1/s1. The van der Waals surface area contributed by atoms with Crippen molar-refractivity contribution in [2.75, 3.05) is 19.8 Å². The summed E-state index contributed by atoms with van der Waals surface area (Å²) in [5.74, 6) is -2.93. The maximum atomic E-state index is 13.9. The van der Waals surface area contributed by atoms with Crippen LogP contribution < -0.4 is 0 Å². The van der Waals surface area contributed by atoms with Crippen LogP contribution >= 0.6 is 92.8 Å². The lowest BCUT2D eigenvalue weighted by molar-refractivity contribution is -0.271. The third kappa shape index (κ3) is 10.1. The first kappa shape index (κ1) is 49.9. The molecule has 1 spiro atoms. The van der Waals surface area contributed by atoms with Gasteiger partial charge in [-0.05, 0) is 123 Å². The van der Waals surface area contributed by atoms with Gasteiger partial charge in [0.15, 0.2) is 0 Å². The lowest BCUT2D eigenvalue weighted by Gasteiger charge is -2.65. The van der Waals surface area contributed by atoms with E-state index in [1.807, 2.05) is 6.92 Å². The van der Waals surface area contributed by atoms with E-state index < -0.39 is 52.0 Å². The minimum absolute atomic E-state index is 0.0193. The zero-order valence-corrected chi connectivity index (χ0v) is 41.5. The Hall–Kier alpha value is -2.96. The Morgan fingerprint density at radius 1 is 0.569 bits per heavy atom. The smallest absolute Gasteiger partial charge is 0.339 e. The number of hydrogen-bond donors (Lipinski definition) is 0. The number of carbonyl (C=O) groups excluding carboxylic acids is 4. The second-order valence-electron chi connectivity index (χ2n) is 17.6. The van der Waals surface area contributed by atoms with Gasteiger partial charge in [0, 0.05) is 37.3 Å². The Bertz CT molecular complexity index is 2520. The molecule has 17 heteroatoms. The third-order valence-electron chi connectivity index (χ3n) is 13.9. The first-order chi connectivity index (χ1) is 30.7. The number of esters is 4. The number of carbonyl (C=O) groups is 4. The SMILES string of the molecule is C[C@@H]1CCC2[C@](C)(COC(=O)c3ccc(Cl)cc3Cl)[C@@H](OC(=O)c3ccc(Cl)cc3Cl)CC[C@]2(C)[C@]12CCC(CCOC(=O)c1ccc(Cl)cc1Cl)(COC(=O)c1ccc(Cl)cc1Cl)O2. The molecular formula is C48H44Cl8O9. The van der Waals surface area contributed by atoms with Gasteiger partial charge in [0.05, 0.1) is 54.6 Å². The van der Waals surface area contributed by atoms with Crippen LogP contribution in [0.4, 0.5) is 0 Å². The Morgan fingerprint density at radius 2 is 1.02 bits per heavy atom. The van der Waals surface area contributed by atoms with Gasteiger partial charge in [0.2, 0.25) is 0 Å². The van der Waals surface area contributed by atoms with Crippen LogP contribution in [-0.2, 0) is 23.7 Å². The summed E-state index contributed by atoms with van der Waals surface area (Å²) in [6.45, 7) is 5.85. The summed E-state index contributed by atoms with van der Waals surface area (Å²) in [5.41, 5.74) is -3.06. The number of benzene rings is 4. The molecule has 7 rings (SSSR count). The fourth-order valence-corrected chi connectivity index (χ4v) is 12.4. The van der Waals surface area contributed by atoms with Crippen molar-refractivity contribution in [1.29, 1.82) is 0 Å². The average Bonchev–Trinajstić information content (AvgIpc) is 3.63. The topological polar surface area (TPSA) is 114 Å². The van der Waals surface area contributed by atoms with Crippen molar-refractivity contribution < 1.29 is 42.9 Å². The molecule has 0 aromatic heterocycles. The van der Waals surface area contributed by atoms with Crippen LogP contribution in [0, 0.1) is 22.7 Å². The Morgan fingerprint density at radius 3 is 1.49 bits per heavy atom. The molecule has 4 aromatic rings. The lowest BCUT2D eigenvalue weighted by Crippen LogP contribution is -2.67. The van der Waals surface area contributed by atoms with Gasteiger partial charge in [-0.1, -0.05) is 114 Å². The van der Waals surface area contributed by atoms with E-state index in [2.05, 4.69) is 13.8 Å². The molecule has 0 N–H and O–H groups in total. The van der Waals surface area contributed by atoms with Crippen molar-refractivity contribution >= 4 is 117 Å². The molecule has 2 saturated carbocycles. The predicted molar refractivity (Wildman–Crippen MR) is 254 cm³/mol. The first-order valence-electron chi connectivity index (χ1n) is 20.9. The molecule has 1 aliphatic heterocycles. The van der Waals surface area contributed by atoms with Gasteiger partial charge >= 0.3 is 23.9 Å². The highest BCUT2D eigenvalue weighted by molar-refractivity contribution is 6.38. The van der Waals surface area contributed by atoms with Crippen LogP contribution in [0.1, 0.15) is 107 Å². The summed E-state index contributed by atoms with van der Waals surface area (Å²) >= 11 is 50.2. The van der Waals surface area contributed by atoms with Gasteiger partial charge in [-0.3, -0.25) is 0 Å². The molecule has 0 radical (unpaired) electrons. The summed E-state index contributed by atoms with van der Waals surface area (Å²) < 4.78 is 31.8. The molecule has 2 unspecified atom stereocenters. The number of hydrogen-bond acceptors (Lipinski definition) is 9. The average molecular weight is 1050 g/mol. The van der Waals surface area contributed by atoms with E-state index in [4.69, 9.17) is 116 Å². The first-order valence-corrected chi connectivity index (χ1v) is 24.0. The van der Waals surface area contributed by atoms with Crippen molar-refractivity contribution in [2.24, 2.45) is 22.7 Å². The maximum absolute atomic E-state index is 13.9. The highest BCUT2D eigenvalue weighted by atomic mass is 35.5. The number of rotatable bonds is 12. The molecule has 0 amide bonds. The van der Waals surface area contributed by atoms with E-state index >= 15 is 0 Å². The van der Waals surface area contributed by atoms with E-state index in [1.165, 1.54) is 48.5 Å². The molecule has 1 saturated heterocycles. The van der Waals surface area contributed by atoms with E-state index in [-0.39, 0.29) is 80.4 Å².